The number of aryl methyl sites for hydroxylation is 1. The third kappa shape index (κ3) is 5.03. The molecule has 0 bridgehead atoms. The maximum Gasteiger partial charge on any atom is 0.219 e. The second-order valence-corrected chi connectivity index (χ2v) is 5.94. The van der Waals surface area contributed by atoms with E-state index in [0.29, 0.717) is 16.8 Å². The Morgan fingerprint density at radius 3 is 2.81 bits per heavy atom. The Morgan fingerprint density at radius 2 is 2.05 bits per heavy atom. The van der Waals surface area contributed by atoms with E-state index in [4.69, 9.17) is 16.3 Å². The molecular weight excluding hydrogens is 284 g/mol. The monoisotopic (exact) mass is 304 g/mol. The molecule has 0 fully saturated rings. The number of benzene rings is 1. The fourth-order valence-corrected chi connectivity index (χ4v) is 2.06. The van der Waals surface area contributed by atoms with Crippen LogP contribution in [0.5, 0.6) is 11.6 Å². The van der Waals surface area contributed by atoms with Gasteiger partial charge in [-0.05, 0) is 43.1 Å². The normalized spacial score (nSPS) is 10.9. The molecule has 0 aliphatic heterocycles. The van der Waals surface area contributed by atoms with Crippen LogP contribution in [-0.4, -0.2) is 11.5 Å². The first-order valence-corrected chi connectivity index (χ1v) is 7.53. The van der Waals surface area contributed by atoms with Crippen LogP contribution in [0.2, 0.25) is 5.02 Å². The maximum absolute atomic E-state index is 6.00. The molecule has 0 aliphatic carbocycles. The van der Waals surface area contributed by atoms with Crippen molar-refractivity contribution in [3.63, 3.8) is 0 Å². The van der Waals surface area contributed by atoms with Crippen LogP contribution in [0.1, 0.15) is 25.1 Å². The molecule has 2 aromatic rings. The molecule has 0 spiro atoms. The van der Waals surface area contributed by atoms with Gasteiger partial charge in [-0.3, -0.25) is 0 Å². The summed E-state index contributed by atoms with van der Waals surface area (Å²) in [6.45, 7) is 8.06. The summed E-state index contributed by atoms with van der Waals surface area (Å²) in [7, 11) is 0. The summed E-state index contributed by atoms with van der Waals surface area (Å²) in [5.41, 5.74) is 2.00. The van der Waals surface area contributed by atoms with E-state index in [1.807, 2.05) is 43.3 Å². The number of nitrogens with zero attached hydrogens (tertiary/aromatic N) is 1. The molecular formula is C17H21ClN2O. The highest BCUT2D eigenvalue weighted by molar-refractivity contribution is 6.30. The van der Waals surface area contributed by atoms with Crippen molar-refractivity contribution in [2.24, 2.45) is 5.92 Å². The van der Waals surface area contributed by atoms with E-state index in [2.05, 4.69) is 24.1 Å². The molecule has 1 N–H and O–H groups in total. The second kappa shape index (κ2) is 7.43. The smallest absolute Gasteiger partial charge is 0.219 e. The minimum absolute atomic E-state index is 0.587. The van der Waals surface area contributed by atoms with Crippen molar-refractivity contribution in [1.29, 1.82) is 0 Å². The highest BCUT2D eigenvalue weighted by Crippen LogP contribution is 2.26. The van der Waals surface area contributed by atoms with Gasteiger partial charge < -0.3 is 10.1 Å². The summed E-state index contributed by atoms with van der Waals surface area (Å²) >= 11 is 6.00. The molecule has 1 aromatic heterocycles. The lowest BCUT2D eigenvalue weighted by atomic mass is 10.2. The van der Waals surface area contributed by atoms with Crippen LogP contribution >= 0.6 is 11.6 Å². The molecule has 3 nitrogen and oxygen atoms in total. The molecule has 0 atom stereocenters. The van der Waals surface area contributed by atoms with Crippen molar-refractivity contribution in [2.75, 3.05) is 6.54 Å². The van der Waals surface area contributed by atoms with Crippen molar-refractivity contribution >= 4 is 11.6 Å². The summed E-state index contributed by atoms with van der Waals surface area (Å²) in [5, 5.41) is 4.03. The van der Waals surface area contributed by atoms with Gasteiger partial charge in [-0.2, -0.15) is 0 Å². The zero-order chi connectivity index (χ0) is 15.2. The Bertz CT molecular complexity index is 599. The Balaban J connectivity index is 2.05. The van der Waals surface area contributed by atoms with Crippen LogP contribution in [0.25, 0.3) is 0 Å². The van der Waals surface area contributed by atoms with Crippen LogP contribution in [-0.2, 0) is 6.54 Å². The van der Waals surface area contributed by atoms with Gasteiger partial charge in [-0.1, -0.05) is 37.6 Å². The average Bonchev–Trinajstić information content (AvgIpc) is 2.43. The molecule has 0 unspecified atom stereocenters. The van der Waals surface area contributed by atoms with E-state index in [1.54, 1.807) is 0 Å². The molecule has 112 valence electrons. The standard InChI is InChI=1S/C17H21ClN2O/c1-12(2)10-19-11-15-5-4-6-17(20-15)21-16-9-14(18)8-7-13(16)3/h4-9,12,19H,10-11H2,1-3H3. The summed E-state index contributed by atoms with van der Waals surface area (Å²) in [5.74, 6) is 1.95. The molecule has 1 aromatic carbocycles. The fourth-order valence-electron chi connectivity index (χ4n) is 1.90. The van der Waals surface area contributed by atoms with Gasteiger partial charge in [0.2, 0.25) is 5.88 Å². The van der Waals surface area contributed by atoms with Gasteiger partial charge >= 0.3 is 0 Å². The first-order valence-electron chi connectivity index (χ1n) is 7.15. The Kier molecular flexibility index (Phi) is 5.59. The third-order valence-electron chi connectivity index (χ3n) is 3.00. The summed E-state index contributed by atoms with van der Waals surface area (Å²) in [6, 6.07) is 11.4. The van der Waals surface area contributed by atoms with E-state index in [9.17, 15) is 0 Å². The SMILES string of the molecule is Cc1ccc(Cl)cc1Oc1cccc(CNCC(C)C)n1. The largest absolute Gasteiger partial charge is 0.439 e. The number of pyridine rings is 1. The van der Waals surface area contributed by atoms with Crippen LogP contribution in [0, 0.1) is 12.8 Å². The van der Waals surface area contributed by atoms with Crippen molar-refractivity contribution in [3.8, 4) is 11.6 Å². The first kappa shape index (κ1) is 15.8. The number of nitrogens with one attached hydrogen (secondary N) is 1. The number of ether oxygens (including phenoxy) is 1. The summed E-state index contributed by atoms with van der Waals surface area (Å²) in [6.07, 6.45) is 0. The van der Waals surface area contributed by atoms with Crippen molar-refractivity contribution in [1.82, 2.24) is 10.3 Å². The zero-order valence-corrected chi connectivity index (χ0v) is 13.4. The fraction of sp³-hybridized carbons (Fsp3) is 0.353. The zero-order valence-electron chi connectivity index (χ0n) is 12.7. The first-order chi connectivity index (χ1) is 10.0. The molecule has 0 radical (unpaired) electrons. The van der Waals surface area contributed by atoms with Crippen LogP contribution < -0.4 is 10.1 Å². The van der Waals surface area contributed by atoms with Crippen molar-refractivity contribution in [3.05, 3.63) is 52.7 Å². The maximum atomic E-state index is 6.00. The van der Waals surface area contributed by atoms with Gasteiger partial charge in [0.15, 0.2) is 0 Å². The topological polar surface area (TPSA) is 34.1 Å². The number of hydrogen-bond acceptors (Lipinski definition) is 3. The predicted molar refractivity (Wildman–Crippen MR) is 87.0 cm³/mol. The molecule has 0 saturated heterocycles. The highest BCUT2D eigenvalue weighted by atomic mass is 35.5. The van der Waals surface area contributed by atoms with Crippen LogP contribution in [0.15, 0.2) is 36.4 Å². The second-order valence-electron chi connectivity index (χ2n) is 5.50. The van der Waals surface area contributed by atoms with Crippen molar-refractivity contribution in [2.45, 2.75) is 27.3 Å². The van der Waals surface area contributed by atoms with Gasteiger partial charge in [0.25, 0.3) is 0 Å². The van der Waals surface area contributed by atoms with Crippen LogP contribution in [0.4, 0.5) is 0 Å². The number of halogens is 1. The van der Waals surface area contributed by atoms with Gasteiger partial charge in [-0.15, -0.1) is 0 Å². The molecule has 2 rings (SSSR count). The van der Waals surface area contributed by atoms with Gasteiger partial charge in [0.05, 0.1) is 5.69 Å². The minimum Gasteiger partial charge on any atom is -0.439 e. The molecule has 21 heavy (non-hydrogen) atoms. The average molecular weight is 305 g/mol. The third-order valence-corrected chi connectivity index (χ3v) is 3.24. The minimum atomic E-state index is 0.587. The van der Waals surface area contributed by atoms with E-state index in [0.717, 1.165) is 30.1 Å². The molecule has 4 heteroatoms. The van der Waals surface area contributed by atoms with Crippen LogP contribution in [0.3, 0.4) is 0 Å². The number of hydrogen-bond donors (Lipinski definition) is 1. The lowest BCUT2D eigenvalue weighted by Gasteiger charge is -2.10. The lowest BCUT2D eigenvalue weighted by Crippen LogP contribution is -2.19. The number of aromatic nitrogens is 1. The van der Waals surface area contributed by atoms with Gasteiger partial charge in [0, 0.05) is 17.6 Å². The van der Waals surface area contributed by atoms with Gasteiger partial charge in [0.1, 0.15) is 5.75 Å². The lowest BCUT2D eigenvalue weighted by molar-refractivity contribution is 0.455. The van der Waals surface area contributed by atoms with E-state index >= 15 is 0 Å². The molecule has 0 saturated carbocycles. The summed E-state index contributed by atoms with van der Waals surface area (Å²) in [4.78, 5) is 4.51. The van der Waals surface area contributed by atoms with E-state index < -0.39 is 0 Å². The Labute approximate surface area is 131 Å². The molecule has 0 amide bonds. The molecule has 0 aliphatic rings. The molecule has 1 heterocycles. The quantitative estimate of drug-likeness (QED) is 0.848. The van der Waals surface area contributed by atoms with E-state index in [1.165, 1.54) is 0 Å². The van der Waals surface area contributed by atoms with Crippen molar-refractivity contribution < 1.29 is 4.74 Å². The Hall–Kier alpha value is -1.58. The predicted octanol–water partition coefficient (Wildman–Crippen LogP) is 4.58. The Morgan fingerprint density at radius 1 is 1.24 bits per heavy atom. The van der Waals surface area contributed by atoms with E-state index in [-0.39, 0.29) is 0 Å². The number of rotatable bonds is 6. The van der Waals surface area contributed by atoms with Gasteiger partial charge in [-0.25, -0.2) is 4.98 Å². The highest BCUT2D eigenvalue weighted by Gasteiger charge is 2.05. The summed E-state index contributed by atoms with van der Waals surface area (Å²) < 4.78 is 5.83.